The third kappa shape index (κ3) is 2.80. The Morgan fingerprint density at radius 3 is 2.71 bits per heavy atom. The smallest absolute Gasteiger partial charge is 0.348 e. The first-order valence-corrected chi connectivity index (χ1v) is 6.87. The number of aromatic nitrogens is 2. The molecule has 0 saturated heterocycles. The maximum absolute atomic E-state index is 12.0. The highest BCUT2D eigenvalue weighted by atomic mass is 79.9. The monoisotopic (exact) mass is 352 g/mol. The predicted octanol–water partition coefficient (Wildman–Crippen LogP) is 2.16. The van der Waals surface area contributed by atoms with E-state index in [-0.39, 0.29) is 17.9 Å². The average Bonchev–Trinajstić information content (AvgIpc) is 2.42. The van der Waals surface area contributed by atoms with Gasteiger partial charge in [0, 0.05) is 17.3 Å². The lowest BCUT2D eigenvalue weighted by Crippen LogP contribution is -2.27. The molecule has 1 aromatic carbocycles. The highest BCUT2D eigenvalue weighted by molar-refractivity contribution is 9.10. The molecule has 0 aliphatic rings. The minimum Gasteiger partial charge on any atom is -0.393 e. The first kappa shape index (κ1) is 15.2. The number of nitro benzene ring substituents is 1. The van der Waals surface area contributed by atoms with Gasteiger partial charge in [-0.3, -0.25) is 14.7 Å². The van der Waals surface area contributed by atoms with Crippen molar-refractivity contribution < 1.29 is 4.92 Å². The number of nitrogens with two attached hydrogens (primary N) is 1. The molecule has 0 fully saturated rings. The maximum Gasteiger partial charge on any atom is 0.348 e. The zero-order valence-electron chi connectivity index (χ0n) is 11.5. The van der Waals surface area contributed by atoms with E-state index in [1.54, 1.807) is 26.0 Å². The molecule has 2 rings (SSSR count). The van der Waals surface area contributed by atoms with Gasteiger partial charge in [0.15, 0.2) is 0 Å². The summed E-state index contributed by atoms with van der Waals surface area (Å²) in [6.45, 7) is 3.63. The number of anilines is 1. The maximum atomic E-state index is 12.0. The number of para-hydroxylation sites is 1. The van der Waals surface area contributed by atoms with Gasteiger partial charge in [-0.05, 0) is 29.8 Å². The Bertz CT molecular complexity index is 786. The summed E-state index contributed by atoms with van der Waals surface area (Å²) < 4.78 is 2.15. The van der Waals surface area contributed by atoms with Gasteiger partial charge >= 0.3 is 5.69 Å². The molecule has 0 amide bonds. The van der Waals surface area contributed by atoms with Gasteiger partial charge in [-0.1, -0.05) is 12.1 Å². The third-order valence-corrected chi connectivity index (χ3v) is 4.38. The van der Waals surface area contributed by atoms with Crippen LogP contribution in [0.2, 0.25) is 0 Å². The Kier molecular flexibility index (Phi) is 4.08. The summed E-state index contributed by atoms with van der Waals surface area (Å²) in [7, 11) is 0. The van der Waals surface area contributed by atoms with E-state index < -0.39 is 10.6 Å². The molecular formula is C13H13BrN4O3. The summed E-state index contributed by atoms with van der Waals surface area (Å²) in [5.74, 6) is 0. The van der Waals surface area contributed by atoms with Gasteiger partial charge in [0.2, 0.25) is 0 Å². The molecule has 110 valence electrons. The molecule has 2 aromatic rings. The summed E-state index contributed by atoms with van der Waals surface area (Å²) in [4.78, 5) is 26.3. The normalized spacial score (nSPS) is 10.6. The summed E-state index contributed by atoms with van der Waals surface area (Å²) >= 11 is 3.37. The zero-order valence-corrected chi connectivity index (χ0v) is 13.0. The molecule has 0 unspecified atom stereocenters. The molecule has 7 nitrogen and oxygen atoms in total. The van der Waals surface area contributed by atoms with Gasteiger partial charge in [0.1, 0.15) is 5.69 Å². The standard InChI is InChI=1S/C13H13BrN4O3/c1-7-11(14)8(2)17(13(19)16-7)6-9-4-3-5-10(12(9)15)18(20)21/h3-5H,6,15H2,1-2H3. The SMILES string of the molecule is Cc1nc(=O)n(Cc2cccc([N+](=O)[O-])c2N)c(C)c1Br. The van der Waals surface area contributed by atoms with Crippen LogP contribution in [0.3, 0.4) is 0 Å². The summed E-state index contributed by atoms with van der Waals surface area (Å²) in [6, 6.07) is 4.53. The van der Waals surface area contributed by atoms with Crippen molar-refractivity contribution in [2.24, 2.45) is 0 Å². The second kappa shape index (κ2) is 5.65. The van der Waals surface area contributed by atoms with Crippen LogP contribution in [0, 0.1) is 24.0 Å². The summed E-state index contributed by atoms with van der Waals surface area (Å²) in [5.41, 5.74) is 7.08. The molecule has 0 spiro atoms. The molecule has 8 heteroatoms. The lowest BCUT2D eigenvalue weighted by atomic mass is 10.1. The van der Waals surface area contributed by atoms with Crippen molar-refractivity contribution in [2.75, 3.05) is 5.73 Å². The van der Waals surface area contributed by atoms with Gasteiger partial charge < -0.3 is 5.73 Å². The van der Waals surface area contributed by atoms with E-state index in [1.165, 1.54) is 10.6 Å². The van der Waals surface area contributed by atoms with E-state index in [1.807, 2.05) is 0 Å². The average molecular weight is 353 g/mol. The number of nitro groups is 1. The molecule has 0 saturated carbocycles. The molecule has 0 aliphatic carbocycles. The van der Waals surface area contributed by atoms with E-state index in [0.29, 0.717) is 17.0 Å². The Morgan fingerprint density at radius 1 is 1.43 bits per heavy atom. The number of rotatable bonds is 3. The molecule has 0 atom stereocenters. The number of hydrogen-bond donors (Lipinski definition) is 1. The van der Waals surface area contributed by atoms with Crippen molar-refractivity contribution in [3.05, 3.63) is 60.2 Å². The summed E-state index contributed by atoms with van der Waals surface area (Å²) in [6.07, 6.45) is 0. The van der Waals surface area contributed by atoms with E-state index in [9.17, 15) is 14.9 Å². The Hall–Kier alpha value is -2.22. The Labute approximate surface area is 128 Å². The van der Waals surface area contributed by atoms with E-state index in [4.69, 9.17) is 5.73 Å². The van der Waals surface area contributed by atoms with E-state index in [0.717, 1.165) is 4.47 Å². The number of aryl methyl sites for hydroxylation is 1. The molecular weight excluding hydrogens is 340 g/mol. The quantitative estimate of drug-likeness (QED) is 0.517. The molecule has 1 heterocycles. The van der Waals surface area contributed by atoms with Gasteiger partial charge in [-0.2, -0.15) is 4.98 Å². The van der Waals surface area contributed by atoms with E-state index in [2.05, 4.69) is 20.9 Å². The van der Waals surface area contributed by atoms with Crippen LogP contribution in [-0.4, -0.2) is 14.5 Å². The fourth-order valence-corrected chi connectivity index (χ4v) is 2.33. The molecule has 0 radical (unpaired) electrons. The first-order chi connectivity index (χ1) is 9.82. The molecule has 21 heavy (non-hydrogen) atoms. The predicted molar refractivity (Wildman–Crippen MR) is 82.3 cm³/mol. The van der Waals surface area contributed by atoms with Crippen molar-refractivity contribution in [3.8, 4) is 0 Å². The second-order valence-corrected chi connectivity index (χ2v) is 5.37. The van der Waals surface area contributed by atoms with Crippen molar-refractivity contribution in [1.29, 1.82) is 0 Å². The number of benzene rings is 1. The lowest BCUT2D eigenvalue weighted by Gasteiger charge is -2.13. The molecule has 0 aliphatic heterocycles. The van der Waals surface area contributed by atoms with Crippen molar-refractivity contribution in [1.82, 2.24) is 9.55 Å². The fraction of sp³-hybridized carbons (Fsp3) is 0.231. The Balaban J connectivity index is 2.54. The van der Waals surface area contributed by atoms with E-state index >= 15 is 0 Å². The lowest BCUT2D eigenvalue weighted by molar-refractivity contribution is -0.383. The number of hydrogen-bond acceptors (Lipinski definition) is 5. The van der Waals surface area contributed by atoms with Crippen LogP contribution in [0.1, 0.15) is 17.0 Å². The fourth-order valence-electron chi connectivity index (χ4n) is 2.03. The van der Waals surface area contributed by atoms with Gasteiger partial charge in [-0.15, -0.1) is 0 Å². The molecule has 0 bridgehead atoms. The van der Waals surface area contributed by atoms with Crippen LogP contribution in [0.15, 0.2) is 27.5 Å². The number of halogens is 1. The van der Waals surface area contributed by atoms with Crippen molar-refractivity contribution in [3.63, 3.8) is 0 Å². The third-order valence-electron chi connectivity index (χ3n) is 3.23. The Morgan fingerprint density at radius 2 is 2.10 bits per heavy atom. The molecule has 1 aromatic heterocycles. The van der Waals surface area contributed by atoms with Crippen LogP contribution in [-0.2, 0) is 6.54 Å². The molecule has 2 N–H and O–H groups in total. The van der Waals surface area contributed by atoms with Crippen LogP contribution in [0.4, 0.5) is 11.4 Å². The van der Waals surface area contributed by atoms with Crippen LogP contribution in [0.25, 0.3) is 0 Å². The van der Waals surface area contributed by atoms with Crippen molar-refractivity contribution in [2.45, 2.75) is 20.4 Å². The van der Waals surface area contributed by atoms with Crippen LogP contribution >= 0.6 is 15.9 Å². The second-order valence-electron chi connectivity index (χ2n) is 4.57. The number of nitrogens with zero attached hydrogens (tertiary/aromatic N) is 3. The number of nitrogen functional groups attached to an aromatic ring is 1. The minimum atomic E-state index is -0.544. The first-order valence-electron chi connectivity index (χ1n) is 6.08. The van der Waals surface area contributed by atoms with Crippen LogP contribution < -0.4 is 11.4 Å². The minimum absolute atomic E-state index is 0.0606. The van der Waals surface area contributed by atoms with Gasteiger partial charge in [0.25, 0.3) is 5.69 Å². The largest absolute Gasteiger partial charge is 0.393 e. The highest BCUT2D eigenvalue weighted by Gasteiger charge is 2.16. The van der Waals surface area contributed by atoms with Crippen LogP contribution in [0.5, 0.6) is 0 Å². The summed E-state index contributed by atoms with van der Waals surface area (Å²) in [5, 5.41) is 10.9. The van der Waals surface area contributed by atoms with Gasteiger partial charge in [0.05, 0.1) is 21.6 Å². The zero-order chi connectivity index (χ0) is 15.7. The topological polar surface area (TPSA) is 104 Å². The van der Waals surface area contributed by atoms with Gasteiger partial charge in [-0.25, -0.2) is 4.79 Å². The van der Waals surface area contributed by atoms with Crippen molar-refractivity contribution >= 4 is 27.3 Å². The highest BCUT2D eigenvalue weighted by Crippen LogP contribution is 2.26.